The minimum atomic E-state index is -0.946. The number of aromatic nitrogens is 2. The average molecular weight is 339 g/mol. The zero-order valence-electron chi connectivity index (χ0n) is 14.2. The van der Waals surface area contributed by atoms with Gasteiger partial charge in [0.2, 0.25) is 0 Å². The molecule has 0 saturated carbocycles. The molecule has 1 aromatic rings. The quantitative estimate of drug-likeness (QED) is 0.889. The van der Waals surface area contributed by atoms with Gasteiger partial charge in [-0.05, 0) is 17.7 Å². The first-order valence-corrected chi connectivity index (χ1v) is 8.65. The lowest BCUT2D eigenvalue weighted by molar-refractivity contribution is 0.334. The summed E-state index contributed by atoms with van der Waals surface area (Å²) in [5.41, 5.74) is 9.53. The van der Waals surface area contributed by atoms with Gasteiger partial charge in [0.25, 0.3) is 0 Å². The van der Waals surface area contributed by atoms with E-state index in [9.17, 15) is 4.39 Å². The van der Waals surface area contributed by atoms with Crippen LogP contribution in [0, 0.1) is 5.92 Å². The number of alkyl halides is 1. The van der Waals surface area contributed by atoms with Gasteiger partial charge in [-0.1, -0.05) is 31.2 Å². The number of imidazole rings is 1. The highest BCUT2D eigenvalue weighted by Crippen LogP contribution is 2.33. The van der Waals surface area contributed by atoms with E-state index in [0.29, 0.717) is 18.3 Å². The largest absolute Gasteiger partial charge is 0.387 e. The normalized spacial score (nSPS) is 26.6. The molecule has 0 amide bonds. The highest BCUT2D eigenvalue weighted by atomic mass is 19.1. The lowest BCUT2D eigenvalue weighted by Gasteiger charge is -2.30. The van der Waals surface area contributed by atoms with Crippen LogP contribution in [0.15, 0.2) is 47.8 Å². The van der Waals surface area contributed by atoms with E-state index in [-0.39, 0.29) is 5.92 Å². The van der Waals surface area contributed by atoms with E-state index in [1.54, 1.807) is 6.08 Å². The molecule has 1 fully saturated rings. The molecule has 1 aromatic heterocycles. The average Bonchev–Trinajstić information content (AvgIpc) is 2.84. The predicted octanol–water partition coefficient (Wildman–Crippen LogP) is 2.61. The molecule has 2 atom stereocenters. The monoisotopic (exact) mass is 339 g/mol. The molecule has 0 aromatic carbocycles. The number of allylic oxidation sites excluding steroid dienone is 6. The summed E-state index contributed by atoms with van der Waals surface area (Å²) in [6.07, 6.45) is 12.9. The summed E-state index contributed by atoms with van der Waals surface area (Å²) in [7, 11) is 0. The molecule has 4 rings (SSSR count). The van der Waals surface area contributed by atoms with Crippen LogP contribution in [0.2, 0.25) is 0 Å². The third-order valence-electron chi connectivity index (χ3n) is 4.85. The van der Waals surface area contributed by atoms with Crippen molar-refractivity contribution in [3.05, 3.63) is 54.2 Å². The zero-order chi connectivity index (χ0) is 17.4. The maximum absolute atomic E-state index is 13.8. The molecule has 2 aliphatic heterocycles. The number of rotatable bonds is 3. The van der Waals surface area contributed by atoms with Crippen molar-refractivity contribution in [1.29, 1.82) is 0 Å². The number of halogens is 1. The van der Waals surface area contributed by atoms with Crippen LogP contribution >= 0.6 is 0 Å². The second-order valence-corrected chi connectivity index (χ2v) is 6.73. The molecule has 3 aliphatic rings. The molecule has 1 saturated heterocycles. The molecule has 2 unspecified atom stereocenters. The predicted molar refractivity (Wildman–Crippen MR) is 98.7 cm³/mol. The first kappa shape index (κ1) is 16.0. The van der Waals surface area contributed by atoms with Crippen molar-refractivity contribution in [2.75, 3.05) is 13.1 Å². The summed E-state index contributed by atoms with van der Waals surface area (Å²) in [5, 5.41) is 3.29. The Morgan fingerprint density at radius 2 is 2.20 bits per heavy atom. The van der Waals surface area contributed by atoms with Gasteiger partial charge in [0.15, 0.2) is 0 Å². The van der Waals surface area contributed by atoms with Crippen molar-refractivity contribution in [2.24, 2.45) is 16.6 Å². The number of nitrogens with one attached hydrogen (secondary N) is 1. The third-order valence-corrected chi connectivity index (χ3v) is 4.85. The van der Waals surface area contributed by atoms with Gasteiger partial charge in [0.05, 0.1) is 29.5 Å². The SMILES string of the molecule is CC1C=C(c2ncn(C3CNC3)c2C2=CC=CCC(N)=N2)C=CC1F. The van der Waals surface area contributed by atoms with Crippen molar-refractivity contribution in [3.63, 3.8) is 0 Å². The standard InChI is InChI=1S/C19H22FN5/c1-12-8-13(6-7-15(12)20)18-19(16-4-2-3-5-17(21)24-16)25(11-23-18)14-9-22-10-14/h2-4,6-8,11-12,14-15,22H,5,9-10H2,1H3,(H2,21,24). The van der Waals surface area contributed by atoms with Gasteiger partial charge < -0.3 is 15.6 Å². The van der Waals surface area contributed by atoms with Crippen molar-refractivity contribution in [1.82, 2.24) is 14.9 Å². The first-order valence-electron chi connectivity index (χ1n) is 8.65. The van der Waals surface area contributed by atoms with Crippen LogP contribution in [0.25, 0.3) is 11.3 Å². The maximum atomic E-state index is 13.8. The van der Waals surface area contributed by atoms with Gasteiger partial charge in [-0.25, -0.2) is 14.4 Å². The van der Waals surface area contributed by atoms with Gasteiger partial charge in [-0.2, -0.15) is 0 Å². The van der Waals surface area contributed by atoms with Gasteiger partial charge in [0, 0.05) is 25.4 Å². The van der Waals surface area contributed by atoms with E-state index in [4.69, 9.17) is 5.73 Å². The lowest BCUT2D eigenvalue weighted by Crippen LogP contribution is -2.43. The van der Waals surface area contributed by atoms with Crippen LogP contribution in [0.4, 0.5) is 4.39 Å². The summed E-state index contributed by atoms with van der Waals surface area (Å²) < 4.78 is 16.0. The Hall–Kier alpha value is -2.47. The van der Waals surface area contributed by atoms with Gasteiger partial charge in [-0.15, -0.1) is 0 Å². The summed E-state index contributed by atoms with van der Waals surface area (Å²) in [6, 6.07) is 0.348. The van der Waals surface area contributed by atoms with Crippen molar-refractivity contribution >= 4 is 17.1 Å². The van der Waals surface area contributed by atoms with Gasteiger partial charge in [0.1, 0.15) is 12.0 Å². The van der Waals surface area contributed by atoms with Crippen LogP contribution in [0.5, 0.6) is 0 Å². The number of aliphatic imine (C=N–C) groups is 1. The number of hydrogen-bond acceptors (Lipinski definition) is 4. The Kier molecular flexibility index (Phi) is 4.13. The minimum absolute atomic E-state index is 0.167. The summed E-state index contributed by atoms with van der Waals surface area (Å²) in [5.74, 6) is 0.413. The maximum Gasteiger partial charge on any atom is 0.125 e. The molecule has 5 nitrogen and oxygen atoms in total. The molecule has 130 valence electrons. The highest BCUT2D eigenvalue weighted by Gasteiger charge is 2.27. The Morgan fingerprint density at radius 1 is 1.36 bits per heavy atom. The van der Waals surface area contributed by atoms with Crippen molar-refractivity contribution < 1.29 is 4.39 Å². The Bertz CT molecular complexity index is 823. The summed E-state index contributed by atoms with van der Waals surface area (Å²) in [6.45, 7) is 3.69. The van der Waals surface area contributed by atoms with E-state index in [2.05, 4.69) is 19.9 Å². The molecule has 1 aliphatic carbocycles. The molecule has 0 radical (unpaired) electrons. The third kappa shape index (κ3) is 2.98. The van der Waals surface area contributed by atoms with Gasteiger partial charge in [-0.3, -0.25) is 0 Å². The fourth-order valence-electron chi connectivity index (χ4n) is 3.25. The first-order chi connectivity index (χ1) is 12.1. The Morgan fingerprint density at radius 3 is 2.92 bits per heavy atom. The number of nitrogens with zero attached hydrogens (tertiary/aromatic N) is 3. The molecule has 6 heteroatoms. The second-order valence-electron chi connectivity index (χ2n) is 6.73. The van der Waals surface area contributed by atoms with E-state index in [1.165, 1.54) is 0 Å². The Balaban J connectivity index is 1.83. The van der Waals surface area contributed by atoms with E-state index in [1.807, 2.05) is 43.6 Å². The van der Waals surface area contributed by atoms with Crippen LogP contribution in [0.3, 0.4) is 0 Å². The molecule has 3 heterocycles. The van der Waals surface area contributed by atoms with E-state index >= 15 is 0 Å². The smallest absolute Gasteiger partial charge is 0.125 e. The fraction of sp³-hybridized carbons (Fsp3) is 0.368. The number of amidine groups is 1. The van der Waals surface area contributed by atoms with E-state index < -0.39 is 6.17 Å². The molecule has 0 bridgehead atoms. The molecule has 0 spiro atoms. The van der Waals surface area contributed by atoms with Gasteiger partial charge >= 0.3 is 0 Å². The van der Waals surface area contributed by atoms with Crippen LogP contribution < -0.4 is 11.1 Å². The van der Waals surface area contributed by atoms with Crippen LogP contribution in [-0.4, -0.2) is 34.6 Å². The molecule has 3 N–H and O–H groups in total. The molecular weight excluding hydrogens is 317 g/mol. The van der Waals surface area contributed by atoms with Crippen molar-refractivity contribution in [3.8, 4) is 0 Å². The van der Waals surface area contributed by atoms with E-state index in [0.717, 1.165) is 35.7 Å². The number of hydrogen-bond donors (Lipinski definition) is 2. The summed E-state index contributed by atoms with van der Waals surface area (Å²) >= 11 is 0. The second kappa shape index (κ2) is 6.44. The minimum Gasteiger partial charge on any atom is -0.387 e. The highest BCUT2D eigenvalue weighted by molar-refractivity contribution is 5.91. The molecule has 25 heavy (non-hydrogen) atoms. The topological polar surface area (TPSA) is 68.2 Å². The van der Waals surface area contributed by atoms with Crippen LogP contribution in [0.1, 0.15) is 30.8 Å². The Labute approximate surface area is 146 Å². The van der Waals surface area contributed by atoms with Crippen LogP contribution in [-0.2, 0) is 0 Å². The molecular formula is C19H22FN5. The lowest BCUT2D eigenvalue weighted by atomic mass is 9.93. The fourth-order valence-corrected chi connectivity index (χ4v) is 3.25. The number of nitrogens with two attached hydrogens (primary N) is 1. The summed E-state index contributed by atoms with van der Waals surface area (Å²) in [4.78, 5) is 9.25. The zero-order valence-corrected chi connectivity index (χ0v) is 14.2. The van der Waals surface area contributed by atoms with Crippen molar-refractivity contribution in [2.45, 2.75) is 25.6 Å².